The number of amides is 1. The van der Waals surface area contributed by atoms with Gasteiger partial charge < -0.3 is 4.74 Å². The number of hydrogen-bond donors (Lipinski definition) is 0. The highest BCUT2D eigenvalue weighted by atomic mass is 32.2. The van der Waals surface area contributed by atoms with Gasteiger partial charge in [0, 0.05) is 5.56 Å². The van der Waals surface area contributed by atoms with E-state index in [2.05, 4.69) is 20.3 Å². The smallest absolute Gasteiger partial charge is 0.337 e. The van der Waals surface area contributed by atoms with E-state index in [0.29, 0.717) is 16.3 Å². The second-order valence-corrected chi connectivity index (χ2v) is 4.86. The Morgan fingerprint density at radius 3 is 2.45 bits per heavy atom. The van der Waals surface area contributed by atoms with Gasteiger partial charge in [-0.05, 0) is 42.4 Å². The highest BCUT2D eigenvalue weighted by Gasteiger charge is 2.17. The first-order valence-corrected chi connectivity index (χ1v) is 6.72. The third kappa shape index (κ3) is 3.24. The maximum absolute atomic E-state index is 11.9. The summed E-state index contributed by atoms with van der Waals surface area (Å²) in [6.45, 7) is 1.96. The molecule has 1 aliphatic heterocycles. The number of thioether (sulfide) groups is 1. The lowest BCUT2D eigenvalue weighted by atomic mass is 10.1. The largest absolute Gasteiger partial charge is 0.465 e. The van der Waals surface area contributed by atoms with Crippen LogP contribution in [0.25, 0.3) is 0 Å². The van der Waals surface area contributed by atoms with Crippen molar-refractivity contribution in [3.05, 3.63) is 35.4 Å². The Hall–Kier alpha value is -2.15. The van der Waals surface area contributed by atoms with Crippen molar-refractivity contribution in [2.24, 2.45) is 10.1 Å². The summed E-state index contributed by atoms with van der Waals surface area (Å²) in [5, 5.41) is 5.06. The summed E-state index contributed by atoms with van der Waals surface area (Å²) in [5.41, 5.74) is 4.58. The molecule has 0 saturated heterocycles. The van der Waals surface area contributed by atoms with Crippen LogP contribution in [0.4, 0.5) is 0 Å². The number of methoxy groups -OCH3 is 1. The molecule has 0 atom stereocenters. The zero-order valence-corrected chi connectivity index (χ0v) is 11.8. The van der Waals surface area contributed by atoms with E-state index < -0.39 is 11.9 Å². The Morgan fingerprint density at radius 1 is 1.25 bits per heavy atom. The van der Waals surface area contributed by atoms with Gasteiger partial charge in [-0.1, -0.05) is 6.92 Å². The van der Waals surface area contributed by atoms with Gasteiger partial charge in [0.15, 0.2) is 0 Å². The van der Waals surface area contributed by atoms with Crippen LogP contribution in [-0.4, -0.2) is 29.2 Å². The quantitative estimate of drug-likeness (QED) is 0.798. The van der Waals surface area contributed by atoms with Crippen LogP contribution in [0.3, 0.4) is 0 Å². The molecule has 1 amide bonds. The lowest BCUT2D eigenvalue weighted by molar-refractivity contribution is 0.0600. The van der Waals surface area contributed by atoms with Crippen molar-refractivity contribution >= 4 is 33.8 Å². The number of aliphatic imine (C=N–C) groups is 1. The maximum atomic E-state index is 11.9. The second kappa shape index (κ2) is 6.33. The average molecular weight is 290 g/mol. The van der Waals surface area contributed by atoms with Gasteiger partial charge in [0.2, 0.25) is 5.17 Å². The highest BCUT2D eigenvalue weighted by Crippen LogP contribution is 2.17. The van der Waals surface area contributed by atoms with Crippen LogP contribution in [0.15, 0.2) is 34.4 Å². The fourth-order valence-electron chi connectivity index (χ4n) is 1.45. The van der Waals surface area contributed by atoms with E-state index in [1.807, 2.05) is 6.92 Å². The van der Waals surface area contributed by atoms with Crippen molar-refractivity contribution in [2.45, 2.75) is 13.3 Å². The van der Waals surface area contributed by atoms with Gasteiger partial charge in [-0.15, -0.1) is 10.5 Å². The molecule has 0 aromatic heterocycles. The molecule has 0 spiro atoms. The molecule has 1 radical (unpaired) electrons. The molecule has 1 aliphatic rings. The van der Waals surface area contributed by atoms with Crippen LogP contribution in [0.1, 0.15) is 34.1 Å². The lowest BCUT2D eigenvalue weighted by Crippen LogP contribution is -2.06. The molecule has 6 nitrogen and oxygen atoms in total. The van der Waals surface area contributed by atoms with Gasteiger partial charge in [-0.2, -0.15) is 4.99 Å². The molecule has 1 aromatic rings. The normalized spacial score (nSPS) is 15.7. The number of rotatable bonds is 3. The zero-order chi connectivity index (χ0) is 14.5. The van der Waals surface area contributed by atoms with Crippen LogP contribution >= 0.6 is 11.8 Å². The van der Waals surface area contributed by atoms with E-state index in [1.165, 1.54) is 43.1 Å². The van der Waals surface area contributed by atoms with Gasteiger partial charge in [0.05, 0.1) is 12.7 Å². The lowest BCUT2D eigenvalue weighted by Gasteiger charge is -2.00. The Kier molecular flexibility index (Phi) is 4.52. The van der Waals surface area contributed by atoms with Crippen LogP contribution in [-0.2, 0) is 4.74 Å². The van der Waals surface area contributed by atoms with Gasteiger partial charge >= 0.3 is 5.97 Å². The highest BCUT2D eigenvalue weighted by molar-refractivity contribution is 8.26. The van der Waals surface area contributed by atoms with Crippen LogP contribution < -0.4 is 5.43 Å². The van der Waals surface area contributed by atoms with E-state index in [1.54, 1.807) is 0 Å². The molecule has 1 heterocycles. The molecule has 7 heteroatoms. The number of amidine groups is 1. The molecule has 2 rings (SSSR count). The molecule has 0 aliphatic carbocycles. The summed E-state index contributed by atoms with van der Waals surface area (Å²) >= 11 is 1.28. The number of esters is 1. The predicted octanol–water partition coefficient (Wildman–Crippen LogP) is 2.04. The summed E-state index contributed by atoms with van der Waals surface area (Å²) in [6.07, 6.45) is 0.759. The van der Waals surface area contributed by atoms with Crippen molar-refractivity contribution < 1.29 is 14.3 Å². The molecular weight excluding hydrogens is 278 g/mol. The first-order chi connectivity index (χ1) is 9.63. The minimum atomic E-state index is -0.447. The van der Waals surface area contributed by atoms with Gasteiger partial charge in [0.25, 0.3) is 5.91 Å². The minimum absolute atomic E-state index is 0.337. The van der Waals surface area contributed by atoms with Crippen molar-refractivity contribution in [3.63, 3.8) is 0 Å². The summed E-state index contributed by atoms with van der Waals surface area (Å²) in [6, 6.07) is 6.10. The molecule has 0 fully saturated rings. The second-order valence-electron chi connectivity index (χ2n) is 3.82. The van der Waals surface area contributed by atoms with Gasteiger partial charge in [0.1, 0.15) is 5.04 Å². The van der Waals surface area contributed by atoms with E-state index >= 15 is 0 Å². The Bertz CT molecular complexity index is 593. The standard InChI is InChI=1S/C13H12N3O3S/c1-3-10-15-16-13(20-10)14-11(17)8-4-6-9(7-5-8)12(18)19-2/h4-7H,3H2,1-2H3. The molecule has 0 bridgehead atoms. The zero-order valence-electron chi connectivity index (χ0n) is 11.0. The molecular formula is C13H12N3O3S. The Labute approximate surface area is 120 Å². The molecule has 20 heavy (non-hydrogen) atoms. The van der Waals surface area contributed by atoms with Gasteiger partial charge in [-0.25, -0.2) is 4.79 Å². The summed E-state index contributed by atoms with van der Waals surface area (Å²) in [5.74, 6) is -0.863. The molecule has 1 aromatic carbocycles. The van der Waals surface area contributed by atoms with Crippen molar-refractivity contribution in [2.75, 3.05) is 7.11 Å². The number of ether oxygens (including phenoxy) is 1. The fraction of sp³-hybridized carbons (Fsp3) is 0.231. The summed E-state index contributed by atoms with van der Waals surface area (Å²) in [7, 11) is 1.30. The number of carbonyl (C=O) groups is 2. The van der Waals surface area contributed by atoms with Crippen molar-refractivity contribution in [1.82, 2.24) is 5.43 Å². The SMILES string of the molecule is CCC1=N[N]C(=NC(=O)c2ccc(C(=O)OC)cc2)S1. The van der Waals surface area contributed by atoms with E-state index in [9.17, 15) is 9.59 Å². The molecule has 0 N–H and O–H groups in total. The Balaban J connectivity index is 2.07. The van der Waals surface area contributed by atoms with Crippen molar-refractivity contribution in [1.29, 1.82) is 0 Å². The van der Waals surface area contributed by atoms with Crippen LogP contribution in [0.5, 0.6) is 0 Å². The van der Waals surface area contributed by atoms with Crippen molar-refractivity contribution in [3.8, 4) is 0 Å². The number of benzene rings is 1. The number of nitrogens with zero attached hydrogens (tertiary/aromatic N) is 3. The third-order valence-electron chi connectivity index (χ3n) is 2.51. The maximum Gasteiger partial charge on any atom is 0.337 e. The number of carbonyl (C=O) groups excluding carboxylic acids is 2. The predicted molar refractivity (Wildman–Crippen MR) is 77.0 cm³/mol. The molecule has 0 unspecified atom stereocenters. The number of hydrogen-bond acceptors (Lipinski definition) is 5. The third-order valence-corrected chi connectivity index (χ3v) is 3.47. The molecule has 103 valence electrons. The first kappa shape index (κ1) is 14.3. The van der Waals surface area contributed by atoms with Crippen LogP contribution in [0.2, 0.25) is 0 Å². The van der Waals surface area contributed by atoms with E-state index in [-0.39, 0.29) is 0 Å². The minimum Gasteiger partial charge on any atom is -0.465 e. The monoisotopic (exact) mass is 290 g/mol. The van der Waals surface area contributed by atoms with Crippen LogP contribution in [0, 0.1) is 0 Å². The van der Waals surface area contributed by atoms with E-state index in [0.717, 1.165) is 11.5 Å². The van der Waals surface area contributed by atoms with E-state index in [4.69, 9.17) is 0 Å². The summed E-state index contributed by atoms with van der Waals surface area (Å²) < 4.78 is 4.58. The Morgan fingerprint density at radius 2 is 1.90 bits per heavy atom. The average Bonchev–Trinajstić information content (AvgIpc) is 2.94. The fourth-order valence-corrected chi connectivity index (χ4v) is 2.10. The topological polar surface area (TPSA) is 82.2 Å². The van der Waals surface area contributed by atoms with Gasteiger partial charge in [-0.3, -0.25) is 4.79 Å². The summed E-state index contributed by atoms with van der Waals surface area (Å²) in [4.78, 5) is 27.1. The molecule has 0 saturated carbocycles. The first-order valence-electron chi connectivity index (χ1n) is 5.91.